The molecular weight excluding hydrogens is 219 g/mol. The third-order valence-electron chi connectivity index (χ3n) is 3.51. The van der Waals surface area contributed by atoms with Gasteiger partial charge in [-0.05, 0) is 37.5 Å². The molecule has 1 aromatic rings. The smallest absolute Gasteiger partial charge is 0.123 e. The number of rotatable bonds is 4. The number of ether oxygens (including phenoxy) is 1. The van der Waals surface area contributed by atoms with E-state index in [-0.39, 0.29) is 18.0 Å². The van der Waals surface area contributed by atoms with Gasteiger partial charge in [0.05, 0.1) is 6.10 Å². The zero-order valence-electron chi connectivity index (χ0n) is 10.0. The van der Waals surface area contributed by atoms with Gasteiger partial charge in [0, 0.05) is 18.6 Å². The van der Waals surface area contributed by atoms with Crippen molar-refractivity contribution in [1.82, 2.24) is 5.43 Å². The lowest BCUT2D eigenvalue weighted by atomic mass is 9.89. The van der Waals surface area contributed by atoms with Crippen molar-refractivity contribution < 1.29 is 9.13 Å². The molecule has 3 nitrogen and oxygen atoms in total. The van der Waals surface area contributed by atoms with Gasteiger partial charge in [-0.25, -0.2) is 4.39 Å². The van der Waals surface area contributed by atoms with Crippen molar-refractivity contribution in [2.45, 2.75) is 31.9 Å². The molecule has 3 atom stereocenters. The molecule has 1 aliphatic heterocycles. The highest BCUT2D eigenvalue weighted by Crippen LogP contribution is 2.25. The lowest BCUT2D eigenvalue weighted by molar-refractivity contribution is 0.0954. The third kappa shape index (κ3) is 3.03. The Morgan fingerprint density at radius 3 is 3.00 bits per heavy atom. The van der Waals surface area contributed by atoms with E-state index in [1.165, 1.54) is 6.07 Å². The lowest BCUT2D eigenvalue weighted by Gasteiger charge is -2.25. The van der Waals surface area contributed by atoms with E-state index in [4.69, 9.17) is 10.6 Å². The summed E-state index contributed by atoms with van der Waals surface area (Å²) in [5, 5.41) is 0. The van der Waals surface area contributed by atoms with E-state index in [0.29, 0.717) is 5.92 Å². The molecule has 0 saturated carbocycles. The molecular formula is C13H19FN2O. The maximum Gasteiger partial charge on any atom is 0.123 e. The zero-order valence-corrected chi connectivity index (χ0v) is 10.0. The second kappa shape index (κ2) is 5.58. The molecule has 1 saturated heterocycles. The Bertz CT molecular complexity index is 372. The van der Waals surface area contributed by atoms with E-state index in [2.05, 4.69) is 12.3 Å². The molecule has 1 aliphatic rings. The fraction of sp³-hybridized carbons (Fsp3) is 0.538. The molecule has 0 bridgehead atoms. The quantitative estimate of drug-likeness (QED) is 0.619. The van der Waals surface area contributed by atoms with E-state index in [0.717, 1.165) is 25.0 Å². The van der Waals surface area contributed by atoms with Crippen molar-refractivity contribution in [3.63, 3.8) is 0 Å². The van der Waals surface area contributed by atoms with Crippen LogP contribution in [0.5, 0.6) is 0 Å². The van der Waals surface area contributed by atoms with Gasteiger partial charge in [0.15, 0.2) is 0 Å². The van der Waals surface area contributed by atoms with Crippen LogP contribution in [0.1, 0.15) is 18.9 Å². The highest BCUT2D eigenvalue weighted by atomic mass is 19.1. The van der Waals surface area contributed by atoms with Crippen molar-refractivity contribution in [1.29, 1.82) is 0 Å². The molecule has 0 aromatic heterocycles. The Morgan fingerprint density at radius 2 is 2.41 bits per heavy atom. The molecule has 3 unspecified atom stereocenters. The minimum atomic E-state index is -0.200. The van der Waals surface area contributed by atoms with Gasteiger partial charge in [0.2, 0.25) is 0 Å². The van der Waals surface area contributed by atoms with Crippen LogP contribution in [0.3, 0.4) is 0 Å². The summed E-state index contributed by atoms with van der Waals surface area (Å²) in [6.07, 6.45) is 1.95. The molecule has 0 radical (unpaired) electrons. The van der Waals surface area contributed by atoms with Gasteiger partial charge >= 0.3 is 0 Å². The summed E-state index contributed by atoms with van der Waals surface area (Å²) in [5.74, 6) is 5.79. The Hall–Kier alpha value is -0.970. The summed E-state index contributed by atoms with van der Waals surface area (Å²) in [4.78, 5) is 0. The Labute approximate surface area is 101 Å². The number of hydrazine groups is 1. The molecule has 4 heteroatoms. The Balaban J connectivity index is 2.04. The van der Waals surface area contributed by atoms with Crippen molar-refractivity contribution >= 4 is 0 Å². The maximum absolute atomic E-state index is 13.1. The van der Waals surface area contributed by atoms with Crippen LogP contribution in [0, 0.1) is 11.7 Å². The van der Waals surface area contributed by atoms with Crippen LogP contribution in [0.15, 0.2) is 24.3 Å². The standard InChI is InChI=1S/C13H19FN2O/c1-9-12(5-6-17-9)13(16-15)8-10-3-2-4-11(14)7-10/h2-4,7,9,12-13,16H,5-6,8,15H2,1H3. The second-order valence-electron chi connectivity index (χ2n) is 4.64. The molecule has 0 spiro atoms. The SMILES string of the molecule is CC1OCCC1C(Cc1cccc(F)c1)NN. The van der Waals surface area contributed by atoms with Crippen LogP contribution in [-0.4, -0.2) is 18.8 Å². The summed E-state index contributed by atoms with van der Waals surface area (Å²) in [6.45, 7) is 2.85. The number of nitrogens with two attached hydrogens (primary N) is 1. The number of halogens is 1. The van der Waals surface area contributed by atoms with E-state index in [1.54, 1.807) is 12.1 Å². The summed E-state index contributed by atoms with van der Waals surface area (Å²) in [5.41, 5.74) is 3.80. The molecule has 1 aromatic carbocycles. The second-order valence-corrected chi connectivity index (χ2v) is 4.64. The van der Waals surface area contributed by atoms with Gasteiger partial charge in [0.1, 0.15) is 5.82 Å². The number of benzene rings is 1. The van der Waals surface area contributed by atoms with Gasteiger partial charge < -0.3 is 4.74 Å². The minimum absolute atomic E-state index is 0.134. The first-order valence-corrected chi connectivity index (χ1v) is 6.03. The first-order valence-electron chi connectivity index (χ1n) is 6.03. The third-order valence-corrected chi connectivity index (χ3v) is 3.51. The monoisotopic (exact) mass is 238 g/mol. The van der Waals surface area contributed by atoms with E-state index < -0.39 is 0 Å². The maximum atomic E-state index is 13.1. The first kappa shape index (κ1) is 12.5. The summed E-state index contributed by atoms with van der Waals surface area (Å²) < 4.78 is 18.6. The van der Waals surface area contributed by atoms with Gasteiger partial charge in [-0.1, -0.05) is 12.1 Å². The molecule has 94 valence electrons. The Morgan fingerprint density at radius 1 is 1.59 bits per heavy atom. The number of nitrogens with one attached hydrogen (secondary N) is 1. The van der Waals surface area contributed by atoms with Crippen molar-refractivity contribution in [3.8, 4) is 0 Å². The van der Waals surface area contributed by atoms with E-state index in [1.807, 2.05) is 6.07 Å². The largest absolute Gasteiger partial charge is 0.378 e. The fourth-order valence-corrected chi connectivity index (χ4v) is 2.53. The Kier molecular flexibility index (Phi) is 4.10. The average molecular weight is 238 g/mol. The zero-order chi connectivity index (χ0) is 12.3. The van der Waals surface area contributed by atoms with Crippen molar-refractivity contribution in [3.05, 3.63) is 35.6 Å². The van der Waals surface area contributed by atoms with Crippen LogP contribution >= 0.6 is 0 Å². The molecule has 0 amide bonds. The van der Waals surface area contributed by atoms with Crippen molar-refractivity contribution in [2.24, 2.45) is 11.8 Å². The van der Waals surface area contributed by atoms with Gasteiger partial charge in [0.25, 0.3) is 0 Å². The predicted octanol–water partition coefficient (Wildman–Crippen LogP) is 1.63. The highest BCUT2D eigenvalue weighted by Gasteiger charge is 2.31. The van der Waals surface area contributed by atoms with Crippen LogP contribution in [0.25, 0.3) is 0 Å². The summed E-state index contributed by atoms with van der Waals surface area (Å²) >= 11 is 0. The van der Waals surface area contributed by atoms with Crippen LogP contribution in [0.4, 0.5) is 4.39 Å². The molecule has 3 N–H and O–H groups in total. The fourth-order valence-electron chi connectivity index (χ4n) is 2.53. The van der Waals surface area contributed by atoms with Gasteiger partial charge in [-0.15, -0.1) is 0 Å². The van der Waals surface area contributed by atoms with Gasteiger partial charge in [-0.2, -0.15) is 0 Å². The van der Waals surface area contributed by atoms with Gasteiger partial charge in [-0.3, -0.25) is 11.3 Å². The average Bonchev–Trinajstić information content (AvgIpc) is 2.72. The summed E-state index contributed by atoms with van der Waals surface area (Å²) in [7, 11) is 0. The molecule has 0 aliphatic carbocycles. The van der Waals surface area contributed by atoms with E-state index >= 15 is 0 Å². The normalized spacial score (nSPS) is 26.1. The molecule has 2 rings (SSSR count). The number of hydrogen-bond acceptors (Lipinski definition) is 3. The minimum Gasteiger partial charge on any atom is -0.378 e. The number of hydrogen-bond donors (Lipinski definition) is 2. The van der Waals surface area contributed by atoms with E-state index in [9.17, 15) is 4.39 Å². The highest BCUT2D eigenvalue weighted by molar-refractivity contribution is 5.17. The van der Waals surface area contributed by atoms with Crippen LogP contribution in [-0.2, 0) is 11.2 Å². The predicted molar refractivity (Wildman–Crippen MR) is 64.7 cm³/mol. The van der Waals surface area contributed by atoms with Crippen LogP contribution < -0.4 is 11.3 Å². The first-order chi connectivity index (χ1) is 8.20. The molecule has 1 heterocycles. The van der Waals surface area contributed by atoms with Crippen LogP contribution in [0.2, 0.25) is 0 Å². The topological polar surface area (TPSA) is 47.3 Å². The lowest BCUT2D eigenvalue weighted by Crippen LogP contribution is -2.44. The van der Waals surface area contributed by atoms with Crippen molar-refractivity contribution in [2.75, 3.05) is 6.61 Å². The summed E-state index contributed by atoms with van der Waals surface area (Å²) in [6, 6.07) is 6.80. The molecule has 17 heavy (non-hydrogen) atoms. The molecule has 1 fully saturated rings.